The highest BCUT2D eigenvalue weighted by atomic mass is 16.5. The first-order valence-electron chi connectivity index (χ1n) is 7.88. The second-order valence-corrected chi connectivity index (χ2v) is 6.46. The summed E-state index contributed by atoms with van der Waals surface area (Å²) >= 11 is 0. The van der Waals surface area contributed by atoms with Crippen molar-refractivity contribution in [2.75, 3.05) is 27.2 Å². The van der Waals surface area contributed by atoms with Crippen LogP contribution in [0, 0.1) is 0 Å². The van der Waals surface area contributed by atoms with Crippen LogP contribution < -0.4 is 11.1 Å². The highest BCUT2D eigenvalue weighted by Crippen LogP contribution is 2.31. The molecular weight excluding hydrogens is 254 g/mol. The van der Waals surface area contributed by atoms with Crippen molar-refractivity contribution in [3.63, 3.8) is 0 Å². The van der Waals surface area contributed by atoms with E-state index in [1.165, 1.54) is 19.3 Å². The first-order chi connectivity index (χ1) is 9.57. The predicted molar refractivity (Wildman–Crippen MR) is 79.5 cm³/mol. The van der Waals surface area contributed by atoms with Gasteiger partial charge in [0.15, 0.2) is 0 Å². The minimum Gasteiger partial charge on any atom is -0.364 e. The van der Waals surface area contributed by atoms with Crippen molar-refractivity contribution in [1.29, 1.82) is 0 Å². The zero-order valence-corrected chi connectivity index (χ0v) is 12.9. The molecule has 2 rings (SSSR count). The number of hydrogen-bond acceptors (Lipinski definition) is 4. The third kappa shape index (κ3) is 3.51. The molecule has 2 atom stereocenters. The van der Waals surface area contributed by atoms with Crippen molar-refractivity contribution in [3.05, 3.63) is 0 Å². The molecule has 116 valence electrons. The van der Waals surface area contributed by atoms with E-state index in [0.29, 0.717) is 6.54 Å². The van der Waals surface area contributed by atoms with Crippen LogP contribution in [-0.4, -0.2) is 55.7 Å². The lowest BCUT2D eigenvalue weighted by Gasteiger charge is -2.43. The van der Waals surface area contributed by atoms with Crippen LogP contribution in [0.2, 0.25) is 0 Å². The minimum atomic E-state index is -0.300. The molecular formula is C15H29N3O2. The molecule has 20 heavy (non-hydrogen) atoms. The van der Waals surface area contributed by atoms with Gasteiger partial charge in [0.05, 0.1) is 6.10 Å². The maximum atomic E-state index is 12.2. The molecule has 0 unspecified atom stereocenters. The largest absolute Gasteiger partial charge is 0.364 e. The number of ether oxygens (including phenoxy) is 1. The first kappa shape index (κ1) is 15.7. The van der Waals surface area contributed by atoms with Gasteiger partial charge < -0.3 is 20.7 Å². The Bertz CT molecular complexity index is 327. The summed E-state index contributed by atoms with van der Waals surface area (Å²) in [7, 11) is 4.24. The molecule has 0 radical (unpaired) electrons. The zero-order chi connectivity index (χ0) is 14.6. The molecule has 0 aromatic rings. The molecule has 0 spiro atoms. The van der Waals surface area contributed by atoms with E-state index >= 15 is 0 Å². The SMILES string of the molecule is CN(C)C1(CNC(=O)[C@@H]2CC[C@H](CN)O2)CCCCC1. The molecule has 0 aromatic carbocycles. The summed E-state index contributed by atoms with van der Waals surface area (Å²) in [6.45, 7) is 1.23. The number of amides is 1. The number of likely N-dealkylation sites (N-methyl/N-ethyl adjacent to an activating group) is 1. The van der Waals surface area contributed by atoms with Crippen LogP contribution in [0.3, 0.4) is 0 Å². The van der Waals surface area contributed by atoms with Crippen molar-refractivity contribution in [2.24, 2.45) is 5.73 Å². The normalized spacial score (nSPS) is 29.6. The molecule has 1 amide bonds. The van der Waals surface area contributed by atoms with Crippen molar-refractivity contribution in [2.45, 2.75) is 62.7 Å². The molecule has 1 aliphatic heterocycles. The van der Waals surface area contributed by atoms with Gasteiger partial charge in [-0.2, -0.15) is 0 Å². The van der Waals surface area contributed by atoms with Gasteiger partial charge in [-0.05, 0) is 39.8 Å². The second-order valence-electron chi connectivity index (χ2n) is 6.46. The molecule has 1 aliphatic carbocycles. The van der Waals surface area contributed by atoms with Gasteiger partial charge in [-0.15, -0.1) is 0 Å². The summed E-state index contributed by atoms with van der Waals surface area (Å²) in [5.41, 5.74) is 5.71. The van der Waals surface area contributed by atoms with Crippen LogP contribution >= 0.6 is 0 Å². The summed E-state index contributed by atoms with van der Waals surface area (Å²) in [4.78, 5) is 14.5. The fraction of sp³-hybridized carbons (Fsp3) is 0.933. The Kier molecular flexibility index (Phi) is 5.41. The summed E-state index contributed by atoms with van der Waals surface area (Å²) in [5, 5.41) is 3.11. The molecule has 1 saturated carbocycles. The van der Waals surface area contributed by atoms with Gasteiger partial charge in [0, 0.05) is 18.6 Å². The van der Waals surface area contributed by atoms with E-state index < -0.39 is 0 Å². The van der Waals surface area contributed by atoms with Crippen LogP contribution in [0.4, 0.5) is 0 Å². The van der Waals surface area contributed by atoms with E-state index in [1.807, 2.05) is 0 Å². The standard InChI is InChI=1S/C15H29N3O2/c1-18(2)15(8-4-3-5-9-15)11-17-14(19)13-7-6-12(10-16)20-13/h12-13H,3-11,16H2,1-2H3,(H,17,19)/t12-,13+/m1/s1. The summed E-state index contributed by atoms with van der Waals surface area (Å²) in [5.74, 6) is 0.0350. The number of carbonyl (C=O) groups excluding carboxylic acids is 1. The van der Waals surface area contributed by atoms with E-state index in [-0.39, 0.29) is 23.7 Å². The topological polar surface area (TPSA) is 67.6 Å². The minimum absolute atomic E-state index is 0.0350. The van der Waals surface area contributed by atoms with Gasteiger partial charge in [0.2, 0.25) is 5.91 Å². The Morgan fingerprint density at radius 2 is 2.00 bits per heavy atom. The third-order valence-electron chi connectivity index (χ3n) is 4.99. The van der Waals surface area contributed by atoms with Crippen molar-refractivity contribution >= 4 is 5.91 Å². The lowest BCUT2D eigenvalue weighted by Crippen LogP contribution is -2.55. The van der Waals surface area contributed by atoms with Gasteiger partial charge in [-0.1, -0.05) is 19.3 Å². The highest BCUT2D eigenvalue weighted by Gasteiger charge is 2.36. The van der Waals surface area contributed by atoms with Crippen LogP contribution in [0.15, 0.2) is 0 Å². The summed E-state index contributed by atoms with van der Waals surface area (Å²) in [6.07, 6.45) is 7.60. The number of rotatable bonds is 5. The van der Waals surface area contributed by atoms with Crippen LogP contribution in [0.25, 0.3) is 0 Å². The molecule has 2 aliphatic rings. The Balaban J connectivity index is 1.85. The molecule has 5 nitrogen and oxygen atoms in total. The van der Waals surface area contributed by atoms with Gasteiger partial charge >= 0.3 is 0 Å². The second kappa shape index (κ2) is 6.87. The first-order valence-corrected chi connectivity index (χ1v) is 7.88. The number of hydrogen-bond donors (Lipinski definition) is 2. The fourth-order valence-corrected chi connectivity index (χ4v) is 3.43. The molecule has 1 heterocycles. The molecule has 1 saturated heterocycles. The van der Waals surface area contributed by atoms with E-state index in [2.05, 4.69) is 24.3 Å². The molecule has 5 heteroatoms. The Hall–Kier alpha value is -0.650. The maximum Gasteiger partial charge on any atom is 0.249 e. The van der Waals surface area contributed by atoms with E-state index in [0.717, 1.165) is 32.2 Å². The monoisotopic (exact) mass is 283 g/mol. The van der Waals surface area contributed by atoms with Crippen molar-refractivity contribution in [1.82, 2.24) is 10.2 Å². The van der Waals surface area contributed by atoms with Crippen molar-refractivity contribution < 1.29 is 9.53 Å². The molecule has 3 N–H and O–H groups in total. The number of nitrogens with one attached hydrogen (secondary N) is 1. The third-order valence-corrected chi connectivity index (χ3v) is 4.99. The average Bonchev–Trinajstić information content (AvgIpc) is 2.94. The molecule has 0 aromatic heterocycles. The smallest absolute Gasteiger partial charge is 0.249 e. The van der Waals surface area contributed by atoms with Gasteiger partial charge in [-0.25, -0.2) is 0 Å². The lowest BCUT2D eigenvalue weighted by atomic mass is 9.80. The van der Waals surface area contributed by atoms with E-state index in [4.69, 9.17) is 10.5 Å². The highest BCUT2D eigenvalue weighted by molar-refractivity contribution is 5.81. The molecule has 0 bridgehead atoms. The molecule has 2 fully saturated rings. The Morgan fingerprint density at radius 3 is 2.55 bits per heavy atom. The average molecular weight is 283 g/mol. The van der Waals surface area contributed by atoms with Crippen molar-refractivity contribution in [3.8, 4) is 0 Å². The quantitative estimate of drug-likeness (QED) is 0.786. The van der Waals surface area contributed by atoms with Crippen LogP contribution in [0.5, 0.6) is 0 Å². The van der Waals surface area contributed by atoms with Crippen LogP contribution in [-0.2, 0) is 9.53 Å². The number of nitrogens with two attached hydrogens (primary N) is 1. The van der Waals surface area contributed by atoms with Crippen LogP contribution in [0.1, 0.15) is 44.9 Å². The van der Waals surface area contributed by atoms with E-state index in [9.17, 15) is 4.79 Å². The van der Waals surface area contributed by atoms with Gasteiger partial charge in [0.25, 0.3) is 0 Å². The fourth-order valence-electron chi connectivity index (χ4n) is 3.43. The Labute approximate surface area is 122 Å². The summed E-state index contributed by atoms with van der Waals surface area (Å²) < 4.78 is 5.66. The summed E-state index contributed by atoms with van der Waals surface area (Å²) in [6, 6.07) is 0. The van der Waals surface area contributed by atoms with E-state index in [1.54, 1.807) is 0 Å². The maximum absolute atomic E-state index is 12.2. The van der Waals surface area contributed by atoms with Gasteiger partial charge in [0.1, 0.15) is 6.10 Å². The Morgan fingerprint density at radius 1 is 1.30 bits per heavy atom. The predicted octanol–water partition coefficient (Wildman–Crippen LogP) is 0.873. The lowest BCUT2D eigenvalue weighted by molar-refractivity contribution is -0.132. The number of carbonyl (C=O) groups is 1. The van der Waals surface area contributed by atoms with Gasteiger partial charge in [-0.3, -0.25) is 4.79 Å². The number of nitrogens with zero attached hydrogens (tertiary/aromatic N) is 1. The zero-order valence-electron chi connectivity index (χ0n) is 12.9.